The molecule has 0 rings (SSSR count). The summed E-state index contributed by atoms with van der Waals surface area (Å²) in [4.78, 5) is 23.6. The summed E-state index contributed by atoms with van der Waals surface area (Å²) in [6.07, 6.45) is -0.305. The molecule has 0 N–H and O–H groups in total. The molecule has 0 aromatic heterocycles. The summed E-state index contributed by atoms with van der Waals surface area (Å²) in [6, 6.07) is -0.942. The first-order valence-electron chi connectivity index (χ1n) is 6.07. The van der Waals surface area contributed by atoms with Gasteiger partial charge in [-0.2, -0.15) is 0 Å². The first kappa shape index (κ1) is 16.9. The van der Waals surface area contributed by atoms with E-state index in [4.69, 9.17) is 0 Å². The molecule has 0 radical (unpaired) electrons. The van der Waals surface area contributed by atoms with Crippen LogP contribution in [0.2, 0.25) is 0 Å². The molecule has 0 aliphatic heterocycles. The minimum absolute atomic E-state index is 0.0147. The number of carboxylic acids is 2. The molecule has 1 unspecified atom stereocenters. The summed E-state index contributed by atoms with van der Waals surface area (Å²) >= 11 is 0. The van der Waals surface area contributed by atoms with Crippen molar-refractivity contribution in [1.82, 2.24) is 4.90 Å². The quantitative estimate of drug-likeness (QED) is 0.665. The number of hydrogen-bond acceptors (Lipinski definition) is 5. The summed E-state index contributed by atoms with van der Waals surface area (Å²) in [5, 5.41) is 21.8. The smallest absolute Gasteiger partial charge is 0.0587 e. The van der Waals surface area contributed by atoms with Crippen molar-refractivity contribution >= 4 is 11.9 Å². The lowest BCUT2D eigenvalue weighted by Crippen LogP contribution is -2.62. The zero-order chi connectivity index (χ0) is 14.7. The number of rotatable bonds is 5. The SMILES string of the molecule is CC(C)(C)N(C(CCC(=O)[O-])C(=O)[O-])C(C)(C)C. The molecule has 0 fully saturated rings. The second kappa shape index (κ2) is 5.69. The van der Waals surface area contributed by atoms with Crippen LogP contribution in [0, 0.1) is 0 Å². The molecule has 0 saturated heterocycles. The van der Waals surface area contributed by atoms with Gasteiger partial charge in [-0.05, 0) is 54.4 Å². The van der Waals surface area contributed by atoms with E-state index in [0.717, 1.165) is 0 Å². The van der Waals surface area contributed by atoms with Crippen molar-refractivity contribution in [1.29, 1.82) is 0 Å². The van der Waals surface area contributed by atoms with Gasteiger partial charge in [0.25, 0.3) is 0 Å². The maximum atomic E-state index is 11.3. The third-order valence-electron chi connectivity index (χ3n) is 2.65. The summed E-state index contributed by atoms with van der Waals surface area (Å²) in [7, 11) is 0. The average molecular weight is 257 g/mol. The third-order valence-corrected chi connectivity index (χ3v) is 2.65. The molecule has 0 aliphatic rings. The van der Waals surface area contributed by atoms with Crippen LogP contribution in [0.5, 0.6) is 0 Å². The van der Waals surface area contributed by atoms with Crippen LogP contribution >= 0.6 is 0 Å². The second-order valence-corrected chi connectivity index (χ2v) is 6.46. The second-order valence-electron chi connectivity index (χ2n) is 6.46. The minimum Gasteiger partial charge on any atom is -0.550 e. The van der Waals surface area contributed by atoms with Crippen molar-refractivity contribution in [2.45, 2.75) is 71.5 Å². The minimum atomic E-state index is -1.25. The van der Waals surface area contributed by atoms with E-state index in [2.05, 4.69) is 0 Å². The van der Waals surface area contributed by atoms with E-state index in [-0.39, 0.29) is 12.8 Å². The highest BCUT2D eigenvalue weighted by Gasteiger charge is 2.37. The summed E-state index contributed by atoms with van der Waals surface area (Å²) < 4.78 is 0. The van der Waals surface area contributed by atoms with Gasteiger partial charge in [-0.3, -0.25) is 4.90 Å². The van der Waals surface area contributed by atoms with Crippen LogP contribution < -0.4 is 10.2 Å². The van der Waals surface area contributed by atoms with E-state index >= 15 is 0 Å². The number of aliphatic carboxylic acids is 2. The Morgan fingerprint density at radius 3 is 1.61 bits per heavy atom. The highest BCUT2D eigenvalue weighted by molar-refractivity contribution is 5.73. The Morgan fingerprint density at radius 1 is 1.00 bits per heavy atom. The molecule has 0 heterocycles. The molecule has 0 spiro atoms. The van der Waals surface area contributed by atoms with Gasteiger partial charge in [0.1, 0.15) is 0 Å². The first-order chi connectivity index (χ1) is 7.87. The van der Waals surface area contributed by atoms with Gasteiger partial charge >= 0.3 is 0 Å². The van der Waals surface area contributed by atoms with Crippen LogP contribution in [0.25, 0.3) is 0 Å². The van der Waals surface area contributed by atoms with Crippen molar-refractivity contribution in [3.05, 3.63) is 0 Å². The molecule has 18 heavy (non-hydrogen) atoms. The van der Waals surface area contributed by atoms with Crippen LogP contribution in [-0.2, 0) is 9.59 Å². The predicted octanol–water partition coefficient (Wildman–Crippen LogP) is -0.466. The standard InChI is InChI=1S/C13H25NO4/c1-12(2,3)14(13(4,5)6)9(11(17)18)7-8-10(15)16/h9H,7-8H2,1-6H3,(H,15,16)(H,17,18)/p-2. The Hall–Kier alpha value is -1.10. The molecule has 0 aromatic rings. The van der Waals surface area contributed by atoms with Gasteiger partial charge in [-0.15, -0.1) is 0 Å². The molecule has 0 aliphatic carbocycles. The fourth-order valence-electron chi connectivity index (χ4n) is 2.55. The highest BCUT2D eigenvalue weighted by atomic mass is 16.4. The fourth-order valence-corrected chi connectivity index (χ4v) is 2.55. The largest absolute Gasteiger partial charge is 0.550 e. The molecule has 106 valence electrons. The number of carboxylic acid groups (broad SMARTS) is 2. The zero-order valence-electron chi connectivity index (χ0n) is 12.1. The van der Waals surface area contributed by atoms with Gasteiger partial charge in [-0.1, -0.05) is 0 Å². The molecule has 1 atom stereocenters. The zero-order valence-corrected chi connectivity index (χ0v) is 12.1. The van der Waals surface area contributed by atoms with Crippen LogP contribution in [0.15, 0.2) is 0 Å². The van der Waals surface area contributed by atoms with Crippen LogP contribution in [0.1, 0.15) is 54.4 Å². The molecular weight excluding hydrogens is 234 g/mol. The Balaban J connectivity index is 5.25. The van der Waals surface area contributed by atoms with Gasteiger partial charge in [0.05, 0.1) is 12.0 Å². The molecule has 5 heteroatoms. The fraction of sp³-hybridized carbons (Fsp3) is 0.846. The van der Waals surface area contributed by atoms with E-state index in [9.17, 15) is 19.8 Å². The van der Waals surface area contributed by atoms with E-state index in [1.54, 1.807) is 4.90 Å². The Kier molecular flexibility index (Phi) is 5.35. The van der Waals surface area contributed by atoms with Crippen molar-refractivity contribution < 1.29 is 19.8 Å². The van der Waals surface area contributed by atoms with E-state index in [0.29, 0.717) is 0 Å². The Morgan fingerprint density at radius 2 is 1.39 bits per heavy atom. The van der Waals surface area contributed by atoms with Gasteiger partial charge in [0, 0.05) is 17.0 Å². The summed E-state index contributed by atoms with van der Waals surface area (Å²) in [5.74, 6) is -2.50. The number of carbonyl (C=O) groups excluding carboxylic acids is 2. The van der Waals surface area contributed by atoms with E-state index in [1.165, 1.54) is 0 Å². The van der Waals surface area contributed by atoms with Crippen molar-refractivity contribution in [3.63, 3.8) is 0 Å². The van der Waals surface area contributed by atoms with Gasteiger partial charge in [-0.25, -0.2) is 0 Å². The lowest BCUT2D eigenvalue weighted by molar-refractivity contribution is -0.316. The number of hydrogen-bond donors (Lipinski definition) is 0. The molecule has 0 saturated carbocycles. The maximum Gasteiger partial charge on any atom is 0.0587 e. The predicted molar refractivity (Wildman–Crippen MR) is 64.4 cm³/mol. The van der Waals surface area contributed by atoms with Gasteiger partial charge in [0.15, 0.2) is 0 Å². The van der Waals surface area contributed by atoms with Crippen molar-refractivity contribution in [2.75, 3.05) is 0 Å². The van der Waals surface area contributed by atoms with Gasteiger partial charge < -0.3 is 19.8 Å². The normalized spacial score (nSPS) is 14.6. The van der Waals surface area contributed by atoms with Crippen LogP contribution in [0.4, 0.5) is 0 Å². The summed E-state index contributed by atoms with van der Waals surface area (Å²) in [6.45, 7) is 11.4. The van der Waals surface area contributed by atoms with Gasteiger partial charge in [0.2, 0.25) is 0 Å². The van der Waals surface area contributed by atoms with Crippen molar-refractivity contribution in [2.24, 2.45) is 0 Å². The topological polar surface area (TPSA) is 83.5 Å². The molecule has 0 amide bonds. The first-order valence-corrected chi connectivity index (χ1v) is 6.07. The number of carbonyl (C=O) groups is 2. The van der Waals surface area contributed by atoms with E-state index < -0.39 is 29.1 Å². The van der Waals surface area contributed by atoms with Crippen LogP contribution in [0.3, 0.4) is 0 Å². The monoisotopic (exact) mass is 257 g/mol. The lowest BCUT2D eigenvalue weighted by Gasteiger charge is -2.50. The molecular formula is C13H23NO4-2. The number of nitrogens with zero attached hydrogens (tertiary/aromatic N) is 1. The van der Waals surface area contributed by atoms with E-state index in [1.807, 2.05) is 41.5 Å². The van der Waals surface area contributed by atoms with Crippen LogP contribution in [-0.4, -0.2) is 34.0 Å². The lowest BCUT2D eigenvalue weighted by atomic mass is 9.91. The Labute approximate surface area is 109 Å². The Bertz CT molecular complexity index is 298. The highest BCUT2D eigenvalue weighted by Crippen LogP contribution is 2.29. The third kappa shape index (κ3) is 5.04. The van der Waals surface area contributed by atoms with Crippen molar-refractivity contribution in [3.8, 4) is 0 Å². The molecule has 0 aromatic carbocycles. The maximum absolute atomic E-state index is 11.3. The average Bonchev–Trinajstić information content (AvgIpc) is 2.06. The molecule has 5 nitrogen and oxygen atoms in total. The summed E-state index contributed by atoms with van der Waals surface area (Å²) in [5.41, 5.74) is -0.816. The molecule has 0 bridgehead atoms.